The predicted molar refractivity (Wildman–Crippen MR) is 117 cm³/mol. The van der Waals surface area contributed by atoms with E-state index in [1.165, 1.54) is 9.91 Å². The fraction of sp³-hybridized carbons (Fsp3) is 0.409. The van der Waals surface area contributed by atoms with Gasteiger partial charge in [0.2, 0.25) is 0 Å². The third-order valence-corrected chi connectivity index (χ3v) is 5.25. The molecule has 31 heavy (non-hydrogen) atoms. The van der Waals surface area contributed by atoms with Gasteiger partial charge in [0, 0.05) is 38.8 Å². The van der Waals surface area contributed by atoms with Gasteiger partial charge < -0.3 is 24.3 Å². The number of methoxy groups -OCH3 is 2. The fourth-order valence-corrected chi connectivity index (χ4v) is 3.63. The van der Waals surface area contributed by atoms with Crippen molar-refractivity contribution in [2.45, 2.75) is 19.4 Å². The minimum Gasteiger partial charge on any atom is -0.497 e. The maximum absolute atomic E-state index is 13.2. The van der Waals surface area contributed by atoms with Crippen LogP contribution in [0.5, 0.6) is 11.5 Å². The molecule has 0 unspecified atom stereocenters. The number of rotatable bonds is 7. The van der Waals surface area contributed by atoms with Crippen LogP contribution in [0.4, 0.5) is 4.79 Å². The zero-order chi connectivity index (χ0) is 22.5. The predicted octanol–water partition coefficient (Wildman–Crippen LogP) is 2.38. The van der Waals surface area contributed by atoms with Crippen molar-refractivity contribution in [2.75, 3.05) is 34.4 Å². The van der Waals surface area contributed by atoms with Gasteiger partial charge in [0.15, 0.2) is 0 Å². The van der Waals surface area contributed by atoms with Crippen LogP contribution in [0, 0.1) is 0 Å². The van der Waals surface area contributed by atoms with Crippen LogP contribution in [0.2, 0.25) is 0 Å². The van der Waals surface area contributed by atoms with Gasteiger partial charge in [0.25, 0.3) is 5.91 Å². The lowest BCUT2D eigenvalue weighted by atomic mass is 9.99. The molecule has 2 aromatic rings. The van der Waals surface area contributed by atoms with E-state index < -0.39 is 0 Å². The molecule has 9 nitrogen and oxygen atoms in total. The molecule has 0 aliphatic carbocycles. The average molecular weight is 428 g/mol. The SMILES string of the molecule is CCNC(=O)N(C)CC(=O)N1N=C(c2cccn2C)C[C@H]1c1cc(OC)ccc1OC. The van der Waals surface area contributed by atoms with E-state index in [4.69, 9.17) is 9.47 Å². The van der Waals surface area contributed by atoms with Crippen LogP contribution in [-0.4, -0.2) is 66.5 Å². The van der Waals surface area contributed by atoms with E-state index in [2.05, 4.69) is 10.4 Å². The van der Waals surface area contributed by atoms with Crippen molar-refractivity contribution in [3.63, 3.8) is 0 Å². The molecule has 1 N–H and O–H groups in total. The number of carbonyl (C=O) groups is 2. The molecule has 3 rings (SSSR count). The molecule has 9 heteroatoms. The van der Waals surface area contributed by atoms with Gasteiger partial charge in [0.05, 0.1) is 31.7 Å². The fourth-order valence-electron chi connectivity index (χ4n) is 3.63. The number of nitrogens with one attached hydrogen (secondary N) is 1. The molecule has 2 heterocycles. The van der Waals surface area contributed by atoms with Crippen molar-refractivity contribution in [3.05, 3.63) is 47.8 Å². The minimum absolute atomic E-state index is 0.0987. The summed E-state index contributed by atoms with van der Waals surface area (Å²) in [5, 5.41) is 8.81. The second-order valence-electron chi connectivity index (χ2n) is 7.31. The van der Waals surface area contributed by atoms with Gasteiger partial charge in [-0.15, -0.1) is 0 Å². The molecule has 1 atom stereocenters. The zero-order valence-electron chi connectivity index (χ0n) is 18.6. The zero-order valence-corrected chi connectivity index (χ0v) is 18.6. The molecule has 0 saturated carbocycles. The maximum atomic E-state index is 13.2. The smallest absolute Gasteiger partial charge is 0.317 e. The summed E-state index contributed by atoms with van der Waals surface area (Å²) < 4.78 is 12.9. The molecule has 0 radical (unpaired) electrons. The maximum Gasteiger partial charge on any atom is 0.317 e. The molecule has 1 aromatic heterocycles. The van der Waals surface area contributed by atoms with Gasteiger partial charge in [-0.25, -0.2) is 9.80 Å². The van der Waals surface area contributed by atoms with Crippen LogP contribution in [0.15, 0.2) is 41.6 Å². The number of hydrogen-bond donors (Lipinski definition) is 1. The van der Waals surface area contributed by atoms with Crippen LogP contribution in [0.1, 0.15) is 30.6 Å². The molecular formula is C22H29N5O4. The summed E-state index contributed by atoms with van der Waals surface area (Å²) in [6.07, 6.45) is 2.45. The average Bonchev–Trinajstić information content (AvgIpc) is 3.39. The summed E-state index contributed by atoms with van der Waals surface area (Å²) >= 11 is 0. The Balaban J connectivity index is 1.97. The molecule has 1 aromatic carbocycles. The second kappa shape index (κ2) is 9.55. The summed E-state index contributed by atoms with van der Waals surface area (Å²) in [5.41, 5.74) is 2.51. The molecule has 1 aliphatic rings. The number of nitrogens with zero attached hydrogens (tertiary/aromatic N) is 4. The number of aryl methyl sites for hydroxylation is 1. The third-order valence-electron chi connectivity index (χ3n) is 5.25. The Bertz CT molecular complexity index is 984. The molecule has 166 valence electrons. The van der Waals surface area contributed by atoms with E-state index in [0.717, 1.165) is 17.0 Å². The first-order chi connectivity index (χ1) is 14.9. The Morgan fingerprint density at radius 3 is 2.65 bits per heavy atom. The largest absolute Gasteiger partial charge is 0.497 e. The Kier molecular flexibility index (Phi) is 6.84. The summed E-state index contributed by atoms with van der Waals surface area (Å²) in [4.78, 5) is 26.7. The van der Waals surface area contributed by atoms with Crippen molar-refractivity contribution >= 4 is 17.6 Å². The third kappa shape index (κ3) is 4.65. The second-order valence-corrected chi connectivity index (χ2v) is 7.31. The van der Waals surface area contributed by atoms with Crippen molar-refractivity contribution < 1.29 is 19.1 Å². The van der Waals surface area contributed by atoms with E-state index in [-0.39, 0.29) is 24.5 Å². The number of aromatic nitrogens is 1. The lowest BCUT2D eigenvalue weighted by Crippen LogP contribution is -2.43. The Morgan fingerprint density at radius 1 is 1.26 bits per heavy atom. The molecule has 0 spiro atoms. The molecule has 0 saturated heterocycles. The Labute approximate surface area is 182 Å². The number of amides is 3. The van der Waals surface area contributed by atoms with E-state index in [9.17, 15) is 9.59 Å². The van der Waals surface area contributed by atoms with Crippen molar-refractivity contribution in [1.82, 2.24) is 19.8 Å². The number of carbonyl (C=O) groups excluding carboxylic acids is 2. The quantitative estimate of drug-likeness (QED) is 0.735. The highest BCUT2D eigenvalue weighted by atomic mass is 16.5. The van der Waals surface area contributed by atoms with E-state index >= 15 is 0 Å². The summed E-state index contributed by atoms with van der Waals surface area (Å²) in [6.45, 7) is 2.22. The monoisotopic (exact) mass is 427 g/mol. The standard InChI is InChI=1S/C22H29N5O4/c1-6-23-22(29)26(3)14-21(28)27-19(13-17(24-27)18-8-7-11-25(18)2)16-12-15(30-4)9-10-20(16)31-5/h7-12,19H,6,13-14H2,1-5H3,(H,23,29)/t19-/m0/s1. The number of likely N-dealkylation sites (N-methyl/N-ethyl adjacent to an activating group) is 1. The highest BCUT2D eigenvalue weighted by Gasteiger charge is 2.36. The number of hydrogen-bond acceptors (Lipinski definition) is 5. The van der Waals surface area contributed by atoms with Crippen molar-refractivity contribution in [3.8, 4) is 11.5 Å². The lowest BCUT2D eigenvalue weighted by molar-refractivity contribution is -0.133. The molecular weight excluding hydrogens is 398 g/mol. The molecule has 3 amide bonds. The minimum atomic E-state index is -0.384. The van der Waals surface area contributed by atoms with Gasteiger partial charge in [-0.1, -0.05) is 0 Å². The highest BCUT2D eigenvalue weighted by molar-refractivity contribution is 6.02. The Morgan fingerprint density at radius 2 is 2.03 bits per heavy atom. The molecule has 0 bridgehead atoms. The van der Waals surface area contributed by atoms with E-state index in [1.807, 2.05) is 55.1 Å². The van der Waals surface area contributed by atoms with Crippen LogP contribution in [0.3, 0.4) is 0 Å². The van der Waals surface area contributed by atoms with Gasteiger partial charge in [0.1, 0.15) is 18.0 Å². The van der Waals surface area contributed by atoms with Crippen molar-refractivity contribution in [2.24, 2.45) is 12.1 Å². The summed E-state index contributed by atoms with van der Waals surface area (Å²) in [5.74, 6) is 1.02. The normalized spacial score (nSPS) is 15.5. The van der Waals surface area contributed by atoms with Crippen LogP contribution < -0.4 is 14.8 Å². The summed E-state index contributed by atoms with van der Waals surface area (Å²) in [7, 11) is 6.71. The Hall–Kier alpha value is -3.49. The number of hydrazone groups is 1. The first kappa shape index (κ1) is 22.2. The van der Waals surface area contributed by atoms with Gasteiger partial charge in [-0.2, -0.15) is 5.10 Å². The highest BCUT2D eigenvalue weighted by Crippen LogP contribution is 2.39. The molecule has 0 fully saturated rings. The van der Waals surface area contributed by atoms with Crippen molar-refractivity contribution in [1.29, 1.82) is 0 Å². The van der Waals surface area contributed by atoms with Crippen LogP contribution in [0.25, 0.3) is 0 Å². The topological polar surface area (TPSA) is 88.4 Å². The summed E-state index contributed by atoms with van der Waals surface area (Å²) in [6, 6.07) is 8.70. The van der Waals surface area contributed by atoms with Gasteiger partial charge in [-0.3, -0.25) is 4.79 Å². The van der Waals surface area contributed by atoms with Crippen LogP contribution >= 0.6 is 0 Å². The van der Waals surface area contributed by atoms with E-state index in [1.54, 1.807) is 21.3 Å². The number of ether oxygens (including phenoxy) is 2. The first-order valence-corrected chi connectivity index (χ1v) is 10.1. The first-order valence-electron chi connectivity index (χ1n) is 10.1. The van der Waals surface area contributed by atoms with E-state index in [0.29, 0.717) is 24.5 Å². The number of benzene rings is 1. The van der Waals surface area contributed by atoms with Crippen LogP contribution in [-0.2, 0) is 11.8 Å². The lowest BCUT2D eigenvalue weighted by Gasteiger charge is -2.26. The van der Waals surface area contributed by atoms with Gasteiger partial charge >= 0.3 is 6.03 Å². The van der Waals surface area contributed by atoms with Gasteiger partial charge in [-0.05, 0) is 37.3 Å². The number of urea groups is 1. The molecule has 1 aliphatic heterocycles.